The number of nitrogens with zero attached hydrogens (tertiary/aromatic N) is 10. The van der Waals surface area contributed by atoms with Crippen LogP contribution in [0, 0.1) is 56.7 Å². The van der Waals surface area contributed by atoms with Gasteiger partial charge in [-0.1, -0.05) is 0 Å². The highest BCUT2D eigenvalue weighted by Crippen LogP contribution is 2.09. The predicted octanol–water partition coefficient (Wildman–Crippen LogP) is -0.752. The van der Waals surface area contributed by atoms with Gasteiger partial charge < -0.3 is 9.80 Å². The summed E-state index contributed by atoms with van der Waals surface area (Å²) < 4.78 is 0. The van der Waals surface area contributed by atoms with Gasteiger partial charge in [0.2, 0.25) is 0 Å². The van der Waals surface area contributed by atoms with Gasteiger partial charge in [-0.15, -0.1) is 0 Å². The molecular formula is C19H26N10O. The van der Waals surface area contributed by atoms with Crippen LogP contribution in [0.1, 0.15) is 0 Å². The minimum absolute atomic E-state index is 0.0867. The molecule has 2 amide bonds. The Labute approximate surface area is 177 Å². The van der Waals surface area contributed by atoms with Gasteiger partial charge in [-0.05, 0) is 0 Å². The fourth-order valence-electron chi connectivity index (χ4n) is 3.05. The first kappa shape index (κ1) is 24.6. The van der Waals surface area contributed by atoms with Gasteiger partial charge in [0.1, 0.15) is 0 Å². The number of rotatable bonds is 14. The molecular weight excluding hydrogens is 384 g/mol. The van der Waals surface area contributed by atoms with Crippen molar-refractivity contribution in [2.24, 2.45) is 0 Å². The van der Waals surface area contributed by atoms with Crippen molar-refractivity contribution in [3.05, 3.63) is 0 Å². The normalized spacial score (nSPS) is 13.2. The van der Waals surface area contributed by atoms with E-state index in [0.717, 1.165) is 0 Å². The molecule has 11 nitrogen and oxygen atoms in total. The molecule has 0 aromatic heterocycles. The summed E-state index contributed by atoms with van der Waals surface area (Å²) in [7, 11) is 0. The molecule has 0 aromatic carbocycles. The average molecular weight is 410 g/mol. The highest BCUT2D eigenvalue weighted by Gasteiger charge is 2.28. The molecule has 1 saturated heterocycles. The molecule has 0 N–H and O–H groups in total. The van der Waals surface area contributed by atoms with Gasteiger partial charge >= 0.3 is 6.03 Å². The third-order valence-electron chi connectivity index (χ3n) is 4.76. The van der Waals surface area contributed by atoms with Crippen LogP contribution in [0.4, 0.5) is 4.79 Å². The quantitative estimate of drug-likeness (QED) is 0.336. The Bertz CT molecular complexity index is 718. The van der Waals surface area contributed by atoms with Crippen LogP contribution in [-0.4, -0.2) is 116 Å². The molecule has 1 fully saturated rings. The number of carbonyl (C=O) groups excluding carboxylic acids is 1. The number of urea groups is 1. The van der Waals surface area contributed by atoms with Gasteiger partial charge in [0.05, 0.1) is 63.1 Å². The molecule has 1 rings (SSSR count). The highest BCUT2D eigenvalue weighted by atomic mass is 16.2. The van der Waals surface area contributed by atoms with Gasteiger partial charge in [0, 0.05) is 52.4 Å². The van der Waals surface area contributed by atoms with E-state index in [1.165, 1.54) is 0 Å². The fraction of sp³-hybridized carbons (Fsp3) is 0.684. The van der Waals surface area contributed by atoms with Crippen LogP contribution < -0.4 is 0 Å². The first-order valence-electron chi connectivity index (χ1n) is 9.65. The molecule has 11 heteroatoms. The van der Waals surface area contributed by atoms with Crippen LogP contribution in [0.2, 0.25) is 0 Å². The van der Waals surface area contributed by atoms with E-state index in [1.807, 2.05) is 29.2 Å². The Balaban J connectivity index is 2.48. The van der Waals surface area contributed by atoms with E-state index >= 15 is 0 Å². The first-order chi connectivity index (χ1) is 14.6. The zero-order valence-electron chi connectivity index (χ0n) is 17.1. The second-order valence-electron chi connectivity index (χ2n) is 6.74. The van der Waals surface area contributed by atoms with E-state index in [2.05, 4.69) is 6.07 Å². The van der Waals surface area contributed by atoms with Crippen molar-refractivity contribution in [2.75, 3.05) is 85.1 Å². The molecule has 0 aliphatic carbocycles. The van der Waals surface area contributed by atoms with Crippen LogP contribution in [0.15, 0.2) is 0 Å². The Morgan fingerprint density at radius 3 is 1.37 bits per heavy atom. The van der Waals surface area contributed by atoms with Crippen molar-refractivity contribution >= 4 is 6.03 Å². The minimum atomic E-state index is -0.0867. The lowest BCUT2D eigenvalue weighted by Crippen LogP contribution is -2.42. The SMILES string of the molecule is N#CCN(CC#N)CCN(CC#N)CCN1CCN(CCN(CC#N)CC#N)C1=O. The van der Waals surface area contributed by atoms with E-state index in [-0.39, 0.29) is 38.8 Å². The van der Waals surface area contributed by atoms with Gasteiger partial charge in [-0.25, -0.2) is 4.79 Å². The summed E-state index contributed by atoms with van der Waals surface area (Å²) in [5, 5.41) is 44.3. The smallest absolute Gasteiger partial charge is 0.320 e. The third kappa shape index (κ3) is 8.74. The molecule has 0 saturated carbocycles. The van der Waals surface area contributed by atoms with E-state index in [4.69, 9.17) is 26.3 Å². The summed E-state index contributed by atoms with van der Waals surface area (Å²) >= 11 is 0. The Morgan fingerprint density at radius 1 is 0.600 bits per heavy atom. The molecule has 0 unspecified atom stereocenters. The number of nitriles is 5. The van der Waals surface area contributed by atoms with Crippen molar-refractivity contribution in [1.29, 1.82) is 26.3 Å². The molecule has 0 bridgehead atoms. The molecule has 158 valence electrons. The third-order valence-corrected chi connectivity index (χ3v) is 4.76. The summed E-state index contributed by atoms with van der Waals surface area (Å²) in [6, 6.07) is 10.1. The molecule has 0 atom stereocenters. The number of hydrogen-bond acceptors (Lipinski definition) is 9. The van der Waals surface area contributed by atoms with Crippen LogP contribution in [0.25, 0.3) is 0 Å². The van der Waals surface area contributed by atoms with Crippen molar-refractivity contribution in [1.82, 2.24) is 24.5 Å². The van der Waals surface area contributed by atoms with Crippen molar-refractivity contribution in [3.8, 4) is 30.3 Å². The Morgan fingerprint density at radius 2 is 0.933 bits per heavy atom. The van der Waals surface area contributed by atoms with Gasteiger partial charge in [0.25, 0.3) is 0 Å². The van der Waals surface area contributed by atoms with E-state index in [1.54, 1.807) is 19.6 Å². The van der Waals surface area contributed by atoms with Crippen LogP contribution in [-0.2, 0) is 0 Å². The van der Waals surface area contributed by atoms with Gasteiger partial charge in [-0.2, -0.15) is 26.3 Å². The maximum absolute atomic E-state index is 12.6. The largest absolute Gasteiger partial charge is 0.322 e. The Kier molecular flexibility index (Phi) is 12.0. The summed E-state index contributed by atoms with van der Waals surface area (Å²) in [4.78, 5) is 21.3. The lowest BCUT2D eigenvalue weighted by Gasteiger charge is -2.26. The number of amides is 2. The topological polar surface area (TPSA) is 152 Å². The lowest BCUT2D eigenvalue weighted by molar-refractivity contribution is 0.177. The van der Waals surface area contributed by atoms with E-state index in [9.17, 15) is 4.79 Å². The summed E-state index contributed by atoms with van der Waals surface area (Å²) in [6.07, 6.45) is 0. The van der Waals surface area contributed by atoms with Crippen LogP contribution in [0.3, 0.4) is 0 Å². The minimum Gasteiger partial charge on any atom is -0.322 e. The maximum Gasteiger partial charge on any atom is 0.320 e. The van der Waals surface area contributed by atoms with Crippen molar-refractivity contribution in [3.63, 3.8) is 0 Å². The molecule has 0 spiro atoms. The molecule has 0 radical (unpaired) electrons. The molecule has 0 aromatic rings. The molecule has 1 aliphatic rings. The predicted molar refractivity (Wildman–Crippen MR) is 106 cm³/mol. The second kappa shape index (κ2) is 14.6. The van der Waals surface area contributed by atoms with Crippen molar-refractivity contribution in [2.45, 2.75) is 0 Å². The maximum atomic E-state index is 12.6. The first-order valence-corrected chi connectivity index (χ1v) is 9.65. The average Bonchev–Trinajstić information content (AvgIpc) is 3.08. The van der Waals surface area contributed by atoms with Crippen LogP contribution >= 0.6 is 0 Å². The Hall–Kier alpha value is -3.40. The number of hydrogen-bond donors (Lipinski definition) is 0. The lowest BCUT2D eigenvalue weighted by atomic mass is 10.4. The van der Waals surface area contributed by atoms with Crippen LogP contribution in [0.5, 0.6) is 0 Å². The van der Waals surface area contributed by atoms with E-state index < -0.39 is 0 Å². The van der Waals surface area contributed by atoms with Crippen molar-refractivity contribution < 1.29 is 4.79 Å². The molecule has 1 heterocycles. The highest BCUT2D eigenvalue weighted by molar-refractivity contribution is 5.76. The summed E-state index contributed by atoms with van der Waals surface area (Å²) in [5.74, 6) is 0. The zero-order chi connectivity index (χ0) is 22.2. The van der Waals surface area contributed by atoms with Gasteiger partial charge in [-0.3, -0.25) is 14.7 Å². The monoisotopic (exact) mass is 410 g/mol. The number of carbonyl (C=O) groups is 1. The van der Waals surface area contributed by atoms with E-state index in [0.29, 0.717) is 52.4 Å². The van der Waals surface area contributed by atoms with Gasteiger partial charge in [0.15, 0.2) is 0 Å². The fourth-order valence-corrected chi connectivity index (χ4v) is 3.05. The molecule has 1 aliphatic heterocycles. The standard InChI is InChI=1S/C19H26N10O/c20-1-6-25(7-2-21)11-12-27(10-5-24)14-16-29-18-17-28(19(29)30)15-13-26(8-3-22)9-4-23/h6-18H2. The molecule has 30 heavy (non-hydrogen) atoms. The summed E-state index contributed by atoms with van der Waals surface area (Å²) in [5.41, 5.74) is 0. The summed E-state index contributed by atoms with van der Waals surface area (Å²) in [6.45, 7) is 4.94. The zero-order valence-corrected chi connectivity index (χ0v) is 17.1. The second-order valence-corrected chi connectivity index (χ2v) is 6.74.